The molecule has 2 rings (SSSR count). The average molecular weight is 194 g/mol. The first kappa shape index (κ1) is 8.42. The smallest absolute Gasteiger partial charge is 0.313 e. The topological polar surface area (TPSA) is 93.9 Å². The number of nitro benzene ring substituents is 1. The molecule has 0 saturated heterocycles. The number of hydrogen-bond donors (Lipinski definition) is 1. The lowest BCUT2D eigenvalue weighted by Crippen LogP contribution is -1.93. The molecule has 0 amide bonds. The van der Waals surface area contributed by atoms with Crippen LogP contribution < -0.4 is 4.74 Å². The van der Waals surface area contributed by atoms with E-state index in [4.69, 9.17) is 4.74 Å². The van der Waals surface area contributed by atoms with Crippen LogP contribution >= 0.6 is 0 Å². The number of methoxy groups -OCH3 is 1. The number of fused-ring (bicyclic) bond motifs is 1. The molecule has 0 aliphatic heterocycles. The van der Waals surface area contributed by atoms with Crippen molar-refractivity contribution >= 4 is 16.7 Å². The Balaban J connectivity index is 2.72. The Kier molecular flexibility index (Phi) is 1.77. The third kappa shape index (κ3) is 1.15. The van der Waals surface area contributed by atoms with E-state index >= 15 is 0 Å². The maximum Gasteiger partial charge on any atom is 0.313 e. The number of aromatic nitrogens is 3. The standard InChI is InChI=1S/C7H6N4O3/c1-14-7-3-5-4(8-10-9-5)2-6(7)11(12)13/h2-3H,1H3,(H,8,9,10). The van der Waals surface area contributed by atoms with Crippen LogP contribution in [0.5, 0.6) is 5.75 Å². The molecule has 1 aromatic carbocycles. The predicted octanol–water partition coefficient (Wildman–Crippen LogP) is 0.875. The van der Waals surface area contributed by atoms with E-state index in [1.165, 1.54) is 19.2 Å². The second-order valence-corrected chi connectivity index (χ2v) is 2.59. The van der Waals surface area contributed by atoms with E-state index in [0.29, 0.717) is 11.0 Å². The zero-order valence-electron chi connectivity index (χ0n) is 7.22. The fourth-order valence-corrected chi connectivity index (χ4v) is 1.16. The number of ether oxygens (including phenoxy) is 1. The Hall–Kier alpha value is -2.18. The molecular weight excluding hydrogens is 188 g/mol. The summed E-state index contributed by atoms with van der Waals surface area (Å²) in [5, 5.41) is 20.5. The van der Waals surface area contributed by atoms with E-state index < -0.39 is 4.92 Å². The lowest BCUT2D eigenvalue weighted by molar-refractivity contribution is -0.385. The molecule has 0 unspecified atom stereocenters. The number of H-pyrrole nitrogens is 1. The van der Waals surface area contributed by atoms with Gasteiger partial charge >= 0.3 is 5.69 Å². The molecular formula is C7H6N4O3. The van der Waals surface area contributed by atoms with E-state index in [1.54, 1.807) is 0 Å². The van der Waals surface area contributed by atoms with Gasteiger partial charge in [-0.25, -0.2) is 0 Å². The summed E-state index contributed by atoms with van der Waals surface area (Å²) in [5.74, 6) is 0.177. The molecule has 0 aliphatic carbocycles. The van der Waals surface area contributed by atoms with Crippen LogP contribution in [0.15, 0.2) is 12.1 Å². The normalized spacial score (nSPS) is 10.4. The number of hydrogen-bond acceptors (Lipinski definition) is 5. The second-order valence-electron chi connectivity index (χ2n) is 2.59. The van der Waals surface area contributed by atoms with Gasteiger partial charge in [0, 0.05) is 12.1 Å². The molecule has 0 atom stereocenters. The second kappa shape index (κ2) is 2.95. The lowest BCUT2D eigenvalue weighted by atomic mass is 10.2. The fourth-order valence-electron chi connectivity index (χ4n) is 1.16. The molecule has 2 aromatic rings. The highest BCUT2D eigenvalue weighted by Gasteiger charge is 2.17. The van der Waals surface area contributed by atoms with Crippen LogP contribution in [0.4, 0.5) is 5.69 Å². The number of benzene rings is 1. The molecule has 0 saturated carbocycles. The first-order valence-corrected chi connectivity index (χ1v) is 3.75. The molecule has 14 heavy (non-hydrogen) atoms. The van der Waals surface area contributed by atoms with E-state index in [-0.39, 0.29) is 11.4 Å². The van der Waals surface area contributed by atoms with Crippen LogP contribution in [0, 0.1) is 10.1 Å². The van der Waals surface area contributed by atoms with Crippen molar-refractivity contribution in [2.24, 2.45) is 0 Å². The Morgan fingerprint density at radius 3 is 2.64 bits per heavy atom. The van der Waals surface area contributed by atoms with E-state index in [0.717, 1.165) is 0 Å². The van der Waals surface area contributed by atoms with Crippen molar-refractivity contribution in [2.75, 3.05) is 7.11 Å². The fraction of sp³-hybridized carbons (Fsp3) is 0.143. The van der Waals surface area contributed by atoms with Gasteiger partial charge in [-0.15, -0.1) is 0 Å². The minimum atomic E-state index is -0.521. The summed E-state index contributed by atoms with van der Waals surface area (Å²) in [5.41, 5.74) is 0.860. The van der Waals surface area contributed by atoms with Gasteiger partial charge in [0.25, 0.3) is 0 Å². The quantitative estimate of drug-likeness (QED) is 0.565. The van der Waals surface area contributed by atoms with E-state index in [2.05, 4.69) is 15.4 Å². The van der Waals surface area contributed by atoms with Gasteiger partial charge < -0.3 is 4.74 Å². The highest BCUT2D eigenvalue weighted by Crippen LogP contribution is 2.29. The van der Waals surface area contributed by atoms with Crippen molar-refractivity contribution in [3.05, 3.63) is 22.2 Å². The summed E-state index contributed by atoms with van der Waals surface area (Å²) in [6, 6.07) is 2.79. The maximum absolute atomic E-state index is 10.6. The molecule has 0 fully saturated rings. The van der Waals surface area contributed by atoms with Crippen molar-refractivity contribution in [3.8, 4) is 5.75 Å². The van der Waals surface area contributed by atoms with Crippen molar-refractivity contribution in [1.29, 1.82) is 0 Å². The summed E-state index contributed by atoms with van der Waals surface area (Å²) < 4.78 is 4.86. The SMILES string of the molecule is COc1cc2n[nH]nc2cc1[N+](=O)[O-]. The molecule has 0 aliphatic rings. The molecule has 0 spiro atoms. The van der Waals surface area contributed by atoms with Crippen molar-refractivity contribution < 1.29 is 9.66 Å². The Morgan fingerprint density at radius 2 is 2.07 bits per heavy atom. The molecule has 7 heteroatoms. The molecule has 1 aromatic heterocycles. The molecule has 72 valence electrons. The average Bonchev–Trinajstić information content (AvgIpc) is 2.62. The highest BCUT2D eigenvalue weighted by molar-refractivity contribution is 5.79. The van der Waals surface area contributed by atoms with Gasteiger partial charge in [0.05, 0.1) is 12.0 Å². The number of aromatic amines is 1. The highest BCUT2D eigenvalue weighted by atomic mass is 16.6. The first-order valence-electron chi connectivity index (χ1n) is 3.75. The summed E-state index contributed by atoms with van der Waals surface area (Å²) in [7, 11) is 1.37. The number of rotatable bonds is 2. The van der Waals surface area contributed by atoms with E-state index in [9.17, 15) is 10.1 Å². The van der Waals surface area contributed by atoms with Crippen LogP contribution in [0.25, 0.3) is 11.0 Å². The van der Waals surface area contributed by atoms with Crippen LogP contribution in [0.3, 0.4) is 0 Å². The number of nitrogens with zero attached hydrogens (tertiary/aromatic N) is 3. The summed E-state index contributed by atoms with van der Waals surface area (Å²) in [4.78, 5) is 10.1. The minimum Gasteiger partial charge on any atom is -0.490 e. The third-order valence-electron chi connectivity index (χ3n) is 1.81. The van der Waals surface area contributed by atoms with Gasteiger partial charge in [-0.05, 0) is 0 Å². The van der Waals surface area contributed by atoms with Crippen molar-refractivity contribution in [2.45, 2.75) is 0 Å². The van der Waals surface area contributed by atoms with Crippen molar-refractivity contribution in [3.63, 3.8) is 0 Å². The van der Waals surface area contributed by atoms with Gasteiger partial charge in [-0.2, -0.15) is 15.4 Å². The largest absolute Gasteiger partial charge is 0.490 e. The van der Waals surface area contributed by atoms with Gasteiger partial charge in [0.15, 0.2) is 5.75 Å². The number of nitrogens with one attached hydrogen (secondary N) is 1. The Bertz CT molecular complexity index is 493. The molecule has 0 bridgehead atoms. The predicted molar refractivity (Wildman–Crippen MR) is 47.1 cm³/mol. The van der Waals surface area contributed by atoms with Gasteiger partial charge in [-0.1, -0.05) is 0 Å². The summed E-state index contributed by atoms with van der Waals surface area (Å²) >= 11 is 0. The summed E-state index contributed by atoms with van der Waals surface area (Å²) in [6.45, 7) is 0. The summed E-state index contributed by atoms with van der Waals surface area (Å²) in [6.07, 6.45) is 0. The minimum absolute atomic E-state index is 0.117. The number of nitro groups is 1. The molecule has 1 N–H and O–H groups in total. The van der Waals surface area contributed by atoms with Crippen LogP contribution in [-0.4, -0.2) is 27.4 Å². The van der Waals surface area contributed by atoms with E-state index in [1.807, 2.05) is 0 Å². The Morgan fingerprint density at radius 1 is 1.43 bits per heavy atom. The van der Waals surface area contributed by atoms with Crippen LogP contribution in [0.1, 0.15) is 0 Å². The van der Waals surface area contributed by atoms with Crippen LogP contribution in [0.2, 0.25) is 0 Å². The Labute approximate surface area is 77.8 Å². The maximum atomic E-state index is 10.6. The first-order chi connectivity index (χ1) is 6.72. The van der Waals surface area contributed by atoms with Gasteiger partial charge in [0.1, 0.15) is 11.0 Å². The van der Waals surface area contributed by atoms with Crippen LogP contribution in [-0.2, 0) is 0 Å². The molecule has 0 radical (unpaired) electrons. The monoisotopic (exact) mass is 194 g/mol. The molecule has 7 nitrogen and oxygen atoms in total. The van der Waals surface area contributed by atoms with Gasteiger partial charge in [0.2, 0.25) is 0 Å². The lowest BCUT2D eigenvalue weighted by Gasteiger charge is -1.99. The van der Waals surface area contributed by atoms with Gasteiger partial charge in [-0.3, -0.25) is 10.1 Å². The van der Waals surface area contributed by atoms with Crippen molar-refractivity contribution in [1.82, 2.24) is 15.4 Å². The zero-order chi connectivity index (χ0) is 10.1. The zero-order valence-corrected chi connectivity index (χ0v) is 7.22. The molecule has 1 heterocycles. The third-order valence-corrected chi connectivity index (χ3v) is 1.81.